The molecule has 0 aliphatic heterocycles. The highest BCUT2D eigenvalue weighted by Crippen LogP contribution is 2.53. The molecule has 0 spiro atoms. The molecule has 7 nitrogen and oxygen atoms in total. The fraction of sp³-hybridized carbons (Fsp3) is 0.286. The second kappa shape index (κ2) is 8.06. The van der Waals surface area contributed by atoms with Gasteiger partial charge in [-0.2, -0.15) is 0 Å². The number of hydrogen-bond acceptors (Lipinski definition) is 6. The van der Waals surface area contributed by atoms with Crippen LogP contribution in [0.25, 0.3) is 11.1 Å². The lowest BCUT2D eigenvalue weighted by Crippen LogP contribution is -2.56. The summed E-state index contributed by atoms with van der Waals surface area (Å²) in [6.07, 6.45) is 1.33. The number of hydrogen-bond donors (Lipinski definition) is 3. The van der Waals surface area contributed by atoms with Gasteiger partial charge < -0.3 is 15.9 Å². The number of primary amides is 1. The van der Waals surface area contributed by atoms with Crippen molar-refractivity contribution in [3.63, 3.8) is 0 Å². The Balaban J connectivity index is 1.69. The van der Waals surface area contributed by atoms with Crippen LogP contribution in [-0.4, -0.2) is 39.6 Å². The van der Waals surface area contributed by atoms with Gasteiger partial charge in [0.1, 0.15) is 11.6 Å². The van der Waals surface area contributed by atoms with E-state index in [0.717, 1.165) is 0 Å². The predicted molar refractivity (Wildman–Crippen MR) is 128 cm³/mol. The fourth-order valence-electron chi connectivity index (χ4n) is 6.31. The molecule has 1 amide bonds. The summed E-state index contributed by atoms with van der Waals surface area (Å²) in [5.41, 5.74) is 5.68. The maximum atomic E-state index is 13.9. The lowest BCUT2D eigenvalue weighted by atomic mass is 9.57. The third-order valence-corrected chi connectivity index (χ3v) is 7.99. The molecule has 0 saturated heterocycles. The van der Waals surface area contributed by atoms with Crippen LogP contribution in [0.2, 0.25) is 0 Å². The number of nitrogens with two attached hydrogens (primary N) is 1. The molecule has 184 valence electrons. The van der Waals surface area contributed by atoms with Crippen LogP contribution >= 0.6 is 0 Å². The lowest BCUT2D eigenvalue weighted by molar-refractivity contribution is -0.139. The molecule has 1 unspecified atom stereocenters. The van der Waals surface area contributed by atoms with Crippen molar-refractivity contribution in [1.29, 1.82) is 0 Å². The number of carbonyl (C=O) groups is 4. The third kappa shape index (κ3) is 3.14. The molecule has 8 heteroatoms. The van der Waals surface area contributed by atoms with E-state index in [4.69, 9.17) is 5.73 Å². The standard InChI is InChI=1S/C28H24FNO6/c1-12-7-17-9-15-10-19-18(14-3-5-20(29)16(8-14)11-31)4-6-21(32)24(19)25(33)23(15)13(2)28(17,36)26(34)22(12)27(30)35/h3-6,8,11,15,17,32,36H,7,9-10H2,1-2H3,(H2,30,35)/t15?,17-,28-/m1/s1. The Kier molecular flexibility index (Phi) is 5.33. The van der Waals surface area contributed by atoms with Crippen LogP contribution in [0.3, 0.4) is 0 Å². The third-order valence-electron chi connectivity index (χ3n) is 7.99. The summed E-state index contributed by atoms with van der Waals surface area (Å²) in [7, 11) is 0. The van der Waals surface area contributed by atoms with Gasteiger partial charge in [-0.05, 0) is 79.5 Å². The summed E-state index contributed by atoms with van der Waals surface area (Å²) in [6, 6.07) is 7.07. The molecular weight excluding hydrogens is 465 g/mol. The van der Waals surface area contributed by atoms with E-state index in [1.54, 1.807) is 13.0 Å². The number of aliphatic hydroxyl groups is 1. The van der Waals surface area contributed by atoms with Crippen LogP contribution in [0.5, 0.6) is 5.75 Å². The number of Topliss-reactive ketones (excluding diaryl/α,β-unsaturated/α-hetero) is 2. The zero-order valence-corrected chi connectivity index (χ0v) is 19.7. The second-order valence-electron chi connectivity index (χ2n) is 9.86. The largest absolute Gasteiger partial charge is 0.507 e. The normalized spacial score (nSPS) is 25.3. The van der Waals surface area contributed by atoms with Gasteiger partial charge in [-0.25, -0.2) is 4.39 Å². The molecule has 5 rings (SSSR count). The lowest BCUT2D eigenvalue weighted by Gasteiger charge is -2.48. The fourth-order valence-corrected chi connectivity index (χ4v) is 6.31. The van der Waals surface area contributed by atoms with Crippen LogP contribution in [0.1, 0.15) is 53.0 Å². The summed E-state index contributed by atoms with van der Waals surface area (Å²) in [5.74, 6) is -4.04. The van der Waals surface area contributed by atoms with Gasteiger partial charge in [0, 0.05) is 11.5 Å². The maximum Gasteiger partial charge on any atom is 0.252 e. The quantitative estimate of drug-likeness (QED) is 0.448. The molecule has 0 heterocycles. The van der Waals surface area contributed by atoms with Crippen molar-refractivity contribution < 1.29 is 33.8 Å². The van der Waals surface area contributed by atoms with Gasteiger partial charge in [-0.1, -0.05) is 17.7 Å². The molecule has 0 bridgehead atoms. The number of phenols is 1. The minimum Gasteiger partial charge on any atom is -0.507 e. The van der Waals surface area contributed by atoms with Crippen molar-refractivity contribution in [2.45, 2.75) is 38.7 Å². The molecule has 2 aromatic rings. The van der Waals surface area contributed by atoms with Crippen LogP contribution < -0.4 is 5.73 Å². The van der Waals surface area contributed by atoms with Crippen LogP contribution in [0, 0.1) is 17.7 Å². The van der Waals surface area contributed by atoms with Crippen LogP contribution in [0.4, 0.5) is 4.39 Å². The second-order valence-corrected chi connectivity index (χ2v) is 9.86. The Hall–Kier alpha value is -3.91. The molecule has 0 radical (unpaired) electrons. The van der Waals surface area contributed by atoms with Gasteiger partial charge in [-0.15, -0.1) is 0 Å². The summed E-state index contributed by atoms with van der Waals surface area (Å²) < 4.78 is 13.9. The monoisotopic (exact) mass is 489 g/mol. The molecule has 0 aromatic heterocycles. The zero-order chi connectivity index (χ0) is 26.1. The molecule has 4 N–H and O–H groups in total. The van der Waals surface area contributed by atoms with Gasteiger partial charge >= 0.3 is 0 Å². The number of aldehydes is 1. The summed E-state index contributed by atoms with van der Waals surface area (Å²) >= 11 is 0. The molecule has 3 atom stereocenters. The number of aromatic hydroxyl groups is 1. The highest BCUT2D eigenvalue weighted by molar-refractivity contribution is 6.25. The molecule has 0 saturated carbocycles. The van der Waals surface area contributed by atoms with Crippen LogP contribution in [0.15, 0.2) is 52.6 Å². The topological polar surface area (TPSA) is 135 Å². The number of fused-ring (bicyclic) bond motifs is 3. The average molecular weight is 489 g/mol. The molecule has 2 aromatic carbocycles. The number of allylic oxidation sites excluding steroid dienone is 2. The first-order chi connectivity index (χ1) is 17.0. The minimum atomic E-state index is -2.04. The van der Waals surface area contributed by atoms with Crippen molar-refractivity contribution in [3.8, 4) is 16.9 Å². The first kappa shape index (κ1) is 23.8. The number of rotatable bonds is 3. The smallest absolute Gasteiger partial charge is 0.252 e. The van der Waals surface area contributed by atoms with E-state index in [-0.39, 0.29) is 45.9 Å². The first-order valence-electron chi connectivity index (χ1n) is 11.6. The van der Waals surface area contributed by atoms with Crippen molar-refractivity contribution in [2.75, 3.05) is 0 Å². The maximum absolute atomic E-state index is 13.9. The first-order valence-corrected chi connectivity index (χ1v) is 11.6. The Morgan fingerprint density at radius 2 is 1.89 bits per heavy atom. The summed E-state index contributed by atoms with van der Waals surface area (Å²) in [5, 5.41) is 22.3. The van der Waals surface area contributed by atoms with Crippen LogP contribution in [-0.2, 0) is 16.0 Å². The van der Waals surface area contributed by atoms with Crippen molar-refractivity contribution >= 4 is 23.8 Å². The minimum absolute atomic E-state index is 0.0437. The van der Waals surface area contributed by atoms with E-state index in [9.17, 15) is 33.8 Å². The molecule has 36 heavy (non-hydrogen) atoms. The average Bonchev–Trinajstić information content (AvgIpc) is 2.82. The zero-order valence-electron chi connectivity index (χ0n) is 19.7. The summed E-state index contributed by atoms with van der Waals surface area (Å²) in [4.78, 5) is 50.3. The predicted octanol–water partition coefficient (Wildman–Crippen LogP) is 3.21. The van der Waals surface area contributed by atoms with Crippen molar-refractivity contribution in [2.24, 2.45) is 17.6 Å². The SMILES string of the molecule is CC1=C(C(N)=O)C(=O)[C@@]2(O)C(C)=C3C(=O)c4c(O)ccc(-c5ccc(F)c(C=O)c5)c4CC3C[C@H]2C1. The van der Waals surface area contributed by atoms with E-state index in [1.165, 1.54) is 31.2 Å². The van der Waals surface area contributed by atoms with E-state index >= 15 is 0 Å². The molecule has 3 aliphatic rings. The Labute approximate surface area is 206 Å². The number of carbonyl (C=O) groups excluding carboxylic acids is 4. The number of halogens is 1. The van der Waals surface area contributed by atoms with Gasteiger partial charge in [0.05, 0.1) is 16.7 Å². The van der Waals surface area contributed by atoms with Crippen molar-refractivity contribution in [3.05, 3.63) is 75.1 Å². The van der Waals surface area contributed by atoms with Gasteiger partial charge in [-0.3, -0.25) is 19.2 Å². The number of benzene rings is 2. The highest BCUT2D eigenvalue weighted by Gasteiger charge is 2.56. The van der Waals surface area contributed by atoms with E-state index in [2.05, 4.69) is 0 Å². The number of phenolic OH excluding ortho intramolecular Hbond substituents is 1. The molecule has 0 fully saturated rings. The van der Waals surface area contributed by atoms with E-state index in [1.807, 2.05) is 0 Å². The molecule has 3 aliphatic carbocycles. The number of amides is 1. The Morgan fingerprint density at radius 1 is 1.17 bits per heavy atom. The number of ketones is 2. The molecular formula is C28H24FNO6. The van der Waals surface area contributed by atoms with Gasteiger partial charge in [0.15, 0.2) is 17.7 Å². The van der Waals surface area contributed by atoms with E-state index in [0.29, 0.717) is 41.4 Å². The highest BCUT2D eigenvalue weighted by atomic mass is 19.1. The van der Waals surface area contributed by atoms with Crippen molar-refractivity contribution in [1.82, 2.24) is 0 Å². The summed E-state index contributed by atoms with van der Waals surface area (Å²) in [6.45, 7) is 3.16. The van der Waals surface area contributed by atoms with E-state index < -0.39 is 34.8 Å². The Morgan fingerprint density at radius 3 is 2.56 bits per heavy atom. The van der Waals surface area contributed by atoms with Gasteiger partial charge in [0.25, 0.3) is 5.91 Å². The Bertz CT molecular complexity index is 1470. The van der Waals surface area contributed by atoms with Gasteiger partial charge in [0.2, 0.25) is 5.78 Å².